The van der Waals surface area contributed by atoms with Gasteiger partial charge in [-0.15, -0.1) is 0 Å². The maximum Gasteiger partial charge on any atom is 0.142 e. The molecule has 1 atom stereocenters. The number of hydrogen-bond acceptors (Lipinski definition) is 3. The van der Waals surface area contributed by atoms with Gasteiger partial charge in [0.25, 0.3) is 0 Å². The van der Waals surface area contributed by atoms with Crippen molar-refractivity contribution in [3.05, 3.63) is 0 Å². The third kappa shape index (κ3) is 2.98. The minimum atomic E-state index is -2.25. The summed E-state index contributed by atoms with van der Waals surface area (Å²) in [6.07, 6.45) is 0.568. The van der Waals surface area contributed by atoms with Crippen LogP contribution >= 0.6 is 0 Å². The molecule has 0 spiro atoms. The van der Waals surface area contributed by atoms with Gasteiger partial charge in [0.1, 0.15) is 10.7 Å². The summed E-state index contributed by atoms with van der Waals surface area (Å²) in [7, 11) is -2.25. The standard InChI is InChI=1S/C4H11NO2S/c1-4(2-3-5)8(6)7/h4,8H,2-3,5H2,1H3. The van der Waals surface area contributed by atoms with E-state index in [2.05, 4.69) is 0 Å². The second-order valence-corrected chi connectivity index (χ2v) is 3.16. The minimum Gasteiger partial charge on any atom is -0.330 e. The Morgan fingerprint density at radius 1 is 1.62 bits per heavy atom. The molecule has 0 saturated heterocycles. The largest absolute Gasteiger partial charge is 0.330 e. The van der Waals surface area contributed by atoms with Gasteiger partial charge in [0, 0.05) is 0 Å². The molecule has 0 aromatic heterocycles. The van der Waals surface area contributed by atoms with Gasteiger partial charge in [0.2, 0.25) is 0 Å². The monoisotopic (exact) mass is 137 g/mol. The van der Waals surface area contributed by atoms with Crippen LogP contribution in [-0.2, 0) is 10.7 Å². The number of hydrogen-bond donors (Lipinski definition) is 2. The Morgan fingerprint density at radius 3 is 2.25 bits per heavy atom. The van der Waals surface area contributed by atoms with Gasteiger partial charge in [0.05, 0.1) is 5.25 Å². The van der Waals surface area contributed by atoms with E-state index in [1.807, 2.05) is 0 Å². The van der Waals surface area contributed by atoms with Crippen molar-refractivity contribution < 1.29 is 8.42 Å². The topological polar surface area (TPSA) is 60.2 Å². The van der Waals surface area contributed by atoms with Crippen molar-refractivity contribution in [2.24, 2.45) is 5.73 Å². The van der Waals surface area contributed by atoms with Gasteiger partial charge in [-0.1, -0.05) is 0 Å². The lowest BCUT2D eigenvalue weighted by molar-refractivity contribution is 0.598. The van der Waals surface area contributed by atoms with Gasteiger partial charge in [-0.25, -0.2) is 8.42 Å². The van der Waals surface area contributed by atoms with E-state index in [1.54, 1.807) is 6.92 Å². The summed E-state index contributed by atoms with van der Waals surface area (Å²) in [5.41, 5.74) is 5.10. The van der Waals surface area contributed by atoms with Crippen molar-refractivity contribution in [3.63, 3.8) is 0 Å². The Kier molecular flexibility index (Phi) is 3.81. The average Bonchev–Trinajstić information content (AvgIpc) is 1.67. The molecule has 0 bridgehead atoms. The molecule has 2 N–H and O–H groups in total. The maximum absolute atomic E-state index is 10.1. The molecule has 0 fully saturated rings. The first-order valence-electron chi connectivity index (χ1n) is 2.52. The smallest absolute Gasteiger partial charge is 0.142 e. The summed E-state index contributed by atoms with van der Waals surface area (Å²) in [5, 5.41) is -0.255. The molecule has 50 valence electrons. The quantitative estimate of drug-likeness (QED) is 0.507. The van der Waals surface area contributed by atoms with E-state index in [0.29, 0.717) is 13.0 Å². The molecule has 0 amide bonds. The zero-order valence-electron chi connectivity index (χ0n) is 4.83. The van der Waals surface area contributed by atoms with E-state index in [9.17, 15) is 8.42 Å². The predicted molar refractivity (Wildman–Crippen MR) is 33.4 cm³/mol. The highest BCUT2D eigenvalue weighted by atomic mass is 32.2. The van der Waals surface area contributed by atoms with Crippen LogP contribution in [0.25, 0.3) is 0 Å². The molecule has 4 heteroatoms. The zero-order valence-corrected chi connectivity index (χ0v) is 5.73. The SMILES string of the molecule is CC(CCN)[SH](=O)=O. The molecular weight excluding hydrogens is 126 g/mol. The summed E-state index contributed by atoms with van der Waals surface area (Å²) >= 11 is 0. The Bertz CT molecular complexity index is 113. The molecule has 0 rings (SSSR count). The van der Waals surface area contributed by atoms with E-state index < -0.39 is 10.7 Å². The van der Waals surface area contributed by atoms with Crippen molar-refractivity contribution in [2.45, 2.75) is 18.6 Å². The van der Waals surface area contributed by atoms with Crippen LogP contribution in [0.3, 0.4) is 0 Å². The lowest BCUT2D eigenvalue weighted by Gasteiger charge is -1.96. The average molecular weight is 137 g/mol. The van der Waals surface area contributed by atoms with Crippen LogP contribution < -0.4 is 5.73 Å². The van der Waals surface area contributed by atoms with Crippen LogP contribution in [0.5, 0.6) is 0 Å². The summed E-state index contributed by atoms with van der Waals surface area (Å²) in [6, 6.07) is 0. The molecular formula is C4H11NO2S. The molecule has 0 radical (unpaired) electrons. The van der Waals surface area contributed by atoms with Gasteiger partial charge in [-0.3, -0.25) is 0 Å². The van der Waals surface area contributed by atoms with Gasteiger partial charge in [-0.2, -0.15) is 0 Å². The molecule has 0 aliphatic carbocycles. The normalized spacial score (nSPS) is 14.4. The minimum absolute atomic E-state index is 0.255. The Labute approximate surface area is 50.8 Å². The van der Waals surface area contributed by atoms with E-state index in [-0.39, 0.29) is 5.25 Å². The second-order valence-electron chi connectivity index (χ2n) is 1.71. The molecule has 0 saturated carbocycles. The van der Waals surface area contributed by atoms with E-state index in [1.165, 1.54) is 0 Å². The zero-order chi connectivity index (χ0) is 6.57. The van der Waals surface area contributed by atoms with Crippen molar-refractivity contribution in [1.82, 2.24) is 0 Å². The Hall–Kier alpha value is -0.0900. The van der Waals surface area contributed by atoms with Crippen LogP contribution in [0, 0.1) is 0 Å². The summed E-state index contributed by atoms with van der Waals surface area (Å²) in [5.74, 6) is 0. The van der Waals surface area contributed by atoms with Crippen LogP contribution in [0.15, 0.2) is 0 Å². The lowest BCUT2D eigenvalue weighted by Crippen LogP contribution is -2.11. The Morgan fingerprint density at radius 2 is 2.12 bits per heavy atom. The molecule has 8 heavy (non-hydrogen) atoms. The summed E-state index contributed by atoms with van der Waals surface area (Å²) < 4.78 is 20.1. The van der Waals surface area contributed by atoms with Gasteiger partial charge >= 0.3 is 0 Å². The van der Waals surface area contributed by atoms with Crippen molar-refractivity contribution in [3.8, 4) is 0 Å². The lowest BCUT2D eigenvalue weighted by atomic mass is 10.3. The highest BCUT2D eigenvalue weighted by molar-refractivity contribution is 7.73. The van der Waals surface area contributed by atoms with Crippen LogP contribution in [0.1, 0.15) is 13.3 Å². The van der Waals surface area contributed by atoms with Crippen molar-refractivity contribution >= 4 is 10.7 Å². The molecule has 0 aliphatic rings. The fraction of sp³-hybridized carbons (Fsp3) is 1.00. The van der Waals surface area contributed by atoms with Gasteiger partial charge in [-0.05, 0) is 19.9 Å². The number of thiol groups is 1. The fourth-order valence-corrected chi connectivity index (χ4v) is 0.707. The molecule has 0 aromatic rings. The van der Waals surface area contributed by atoms with Crippen LogP contribution in [-0.4, -0.2) is 20.2 Å². The molecule has 0 aliphatic heterocycles. The highest BCUT2D eigenvalue weighted by Crippen LogP contribution is 1.90. The van der Waals surface area contributed by atoms with Crippen molar-refractivity contribution in [2.75, 3.05) is 6.54 Å². The van der Waals surface area contributed by atoms with E-state index in [0.717, 1.165) is 0 Å². The third-order valence-electron chi connectivity index (χ3n) is 0.944. The summed E-state index contributed by atoms with van der Waals surface area (Å²) in [6.45, 7) is 2.10. The van der Waals surface area contributed by atoms with Crippen LogP contribution in [0.2, 0.25) is 0 Å². The fourth-order valence-electron chi connectivity index (χ4n) is 0.347. The predicted octanol–water partition coefficient (Wildman–Crippen LogP) is -0.665. The van der Waals surface area contributed by atoms with Gasteiger partial charge in [0.15, 0.2) is 0 Å². The number of nitrogens with two attached hydrogens (primary N) is 1. The molecule has 3 nitrogen and oxygen atoms in total. The summed E-state index contributed by atoms with van der Waals surface area (Å²) in [4.78, 5) is 0. The number of rotatable bonds is 3. The molecule has 1 unspecified atom stereocenters. The maximum atomic E-state index is 10.1. The second kappa shape index (κ2) is 3.86. The van der Waals surface area contributed by atoms with E-state index >= 15 is 0 Å². The van der Waals surface area contributed by atoms with Crippen LogP contribution in [0.4, 0.5) is 0 Å². The van der Waals surface area contributed by atoms with E-state index in [4.69, 9.17) is 5.73 Å². The first-order chi connectivity index (χ1) is 3.68. The van der Waals surface area contributed by atoms with Gasteiger partial charge < -0.3 is 5.73 Å². The first-order valence-corrected chi connectivity index (χ1v) is 3.76. The molecule has 0 heterocycles. The first kappa shape index (κ1) is 7.91. The molecule has 0 aromatic carbocycles. The highest BCUT2D eigenvalue weighted by Gasteiger charge is 1.99. The van der Waals surface area contributed by atoms with Crippen molar-refractivity contribution in [1.29, 1.82) is 0 Å². The third-order valence-corrected chi connectivity index (χ3v) is 1.92. The Balaban J connectivity index is 3.48.